The van der Waals surface area contributed by atoms with Crippen LogP contribution in [0.2, 0.25) is 0 Å². The lowest BCUT2D eigenvalue weighted by Gasteiger charge is -2.30. The van der Waals surface area contributed by atoms with Crippen molar-refractivity contribution in [2.45, 2.75) is 0 Å². The van der Waals surface area contributed by atoms with Gasteiger partial charge in [-0.05, 0) is 127 Å². The van der Waals surface area contributed by atoms with Crippen LogP contribution in [0.4, 0.5) is 45.5 Å². The second kappa shape index (κ2) is 33.8. The minimum Gasteiger partial charge on any atom is -0.454 e. The predicted molar refractivity (Wildman–Crippen MR) is 494 cm³/mol. The summed E-state index contributed by atoms with van der Waals surface area (Å²) < 4.78 is 30.6. The van der Waals surface area contributed by atoms with Crippen LogP contribution >= 0.6 is 55.8 Å². The Bertz CT molecular complexity index is 6120. The summed E-state index contributed by atoms with van der Waals surface area (Å²) in [4.78, 5) is 4.68. The number of hydrogen-bond acceptors (Lipinski definition) is 7. The van der Waals surface area contributed by atoms with E-state index >= 15 is 0 Å². The zero-order chi connectivity index (χ0) is 75.8. The van der Waals surface area contributed by atoms with E-state index in [1.54, 1.807) is 0 Å². The number of fused-ring (bicyclic) bond motifs is 4. The summed E-state index contributed by atoms with van der Waals surface area (Å²) in [5, 5.41) is 7.10. The third-order valence-electron chi connectivity index (χ3n) is 20.1. The number of nitrogens with zero attached hydrogens (tertiary/aromatic N) is 2. The fourth-order valence-corrected chi connectivity index (χ4v) is 16.5. The molecule has 0 fully saturated rings. The fourth-order valence-electron chi connectivity index (χ4n) is 15.1. The van der Waals surface area contributed by atoms with E-state index in [9.17, 15) is 0 Å². The molecule has 16 aromatic carbocycles. The molecule has 114 heavy (non-hydrogen) atoms. The molecule has 20 rings (SSSR count). The molecule has 0 atom stereocenters. The number of hydrogen-bond donors (Lipinski definition) is 1. The van der Waals surface area contributed by atoms with E-state index in [0.29, 0.717) is 0 Å². The van der Waals surface area contributed by atoms with Gasteiger partial charge < -0.3 is 32.8 Å². The highest BCUT2D eigenvalue weighted by molar-refractivity contribution is 14.0. The Hall–Kier alpha value is -13.2. The van der Waals surface area contributed by atoms with Crippen LogP contribution in [0.3, 0.4) is 0 Å². The summed E-state index contributed by atoms with van der Waals surface area (Å²) in [5.41, 5.74) is 23.1. The van der Waals surface area contributed by atoms with Crippen molar-refractivity contribution in [3.8, 4) is 89.8 Å². The smallest absolute Gasteiger partial charge is 0.162 e. The Morgan fingerprint density at radius 3 is 0.596 bits per heavy atom. The van der Waals surface area contributed by atoms with Crippen LogP contribution in [0.25, 0.3) is 134 Å². The average molecular weight is 1720 g/mol. The molecule has 0 saturated heterocycles. The van der Waals surface area contributed by atoms with Gasteiger partial charge in [0.1, 0.15) is 34.4 Å². The summed E-state index contributed by atoms with van der Waals surface area (Å²) in [7, 11) is 0. The quantitative estimate of drug-likeness (QED) is 0.0763. The Kier molecular flexibility index (Phi) is 21.8. The second-order valence-electron chi connectivity index (χ2n) is 27.2. The van der Waals surface area contributed by atoms with Gasteiger partial charge >= 0.3 is 0 Å². The van der Waals surface area contributed by atoms with Crippen LogP contribution in [0.15, 0.2) is 451 Å². The monoisotopic (exact) mass is 1710 g/mol. The van der Waals surface area contributed by atoms with Gasteiger partial charge in [0.15, 0.2) is 22.3 Å². The lowest BCUT2D eigenvalue weighted by Crippen LogP contribution is -2.14. The van der Waals surface area contributed by atoms with Crippen molar-refractivity contribution in [2.75, 3.05) is 15.1 Å². The minimum absolute atomic E-state index is 0. The van der Waals surface area contributed by atoms with Crippen molar-refractivity contribution in [3.05, 3.63) is 434 Å². The molecule has 0 aliphatic carbocycles. The lowest BCUT2D eigenvalue weighted by atomic mass is 9.92. The highest BCUT2D eigenvalue weighted by atomic mass is 127. The topological polar surface area (TPSA) is 71.1 Å². The van der Waals surface area contributed by atoms with E-state index in [1.807, 2.05) is 109 Å². The molecule has 0 radical (unpaired) electrons. The van der Waals surface area contributed by atoms with Gasteiger partial charge in [-0.25, -0.2) is 0 Å². The van der Waals surface area contributed by atoms with Crippen molar-refractivity contribution < 1.29 is 19.1 Å². The second-order valence-corrected chi connectivity index (χ2v) is 28.8. The van der Waals surface area contributed by atoms with Crippen LogP contribution in [0, 0.1) is 0 Å². The number of para-hydroxylation sites is 6. The molecule has 0 bridgehead atoms. The molecule has 10 heteroatoms. The molecule has 0 aliphatic heterocycles. The number of rotatable bonds is 16. The first-order valence-corrected chi connectivity index (χ1v) is 39.2. The zero-order valence-electron chi connectivity index (χ0n) is 61.6. The molecule has 20 aromatic rings. The summed E-state index contributed by atoms with van der Waals surface area (Å²) in [6.07, 6.45) is 0. The highest BCUT2D eigenvalue weighted by Crippen LogP contribution is 2.61. The van der Waals surface area contributed by atoms with Gasteiger partial charge in [0.25, 0.3) is 0 Å². The van der Waals surface area contributed by atoms with E-state index in [-0.39, 0.29) is 25.4 Å². The minimum atomic E-state index is 0. The van der Waals surface area contributed by atoms with Crippen LogP contribution in [0.5, 0.6) is 0 Å². The Labute approximate surface area is 697 Å². The molecule has 7 nitrogen and oxygen atoms in total. The van der Waals surface area contributed by atoms with Crippen LogP contribution in [-0.4, -0.2) is 0 Å². The first-order valence-electron chi connectivity index (χ1n) is 37.6. The molecule has 550 valence electrons. The number of furan rings is 4. The molecule has 4 aromatic heterocycles. The highest BCUT2D eigenvalue weighted by Gasteiger charge is 2.37. The molecule has 0 saturated carbocycles. The number of benzene rings is 16. The molecule has 4 heterocycles. The van der Waals surface area contributed by atoms with Gasteiger partial charge in [0.05, 0.1) is 19.7 Å². The Balaban J connectivity index is 0.000000158. The Morgan fingerprint density at radius 1 is 0.202 bits per heavy atom. The maximum Gasteiger partial charge on any atom is 0.162 e. The number of nitrogens with one attached hydrogen (secondary N) is 1. The van der Waals surface area contributed by atoms with E-state index < -0.39 is 0 Å². The van der Waals surface area contributed by atoms with Crippen LogP contribution < -0.4 is 15.1 Å². The van der Waals surface area contributed by atoms with Crippen molar-refractivity contribution in [3.63, 3.8) is 0 Å². The summed E-state index contributed by atoms with van der Waals surface area (Å²) in [6.45, 7) is 0. The number of halogens is 3. The molecule has 0 spiro atoms. The molecule has 0 amide bonds. The van der Waals surface area contributed by atoms with Gasteiger partial charge in [0.2, 0.25) is 0 Å². The number of anilines is 8. The molecular weight excluding hydrogens is 1640 g/mol. The normalized spacial score (nSPS) is 11.0. The SMILES string of the molecule is Brc1c2oc(-c3ccccc3)c(-c3ccccc3)c2c(Br)c2oc(-c3ccccc3)c(-c3ccccc3)c12.I.[HH].c1ccc(-c2oc3c(N(c4ccccc4)c4ccccc4)c4c(-c5ccccc5)c(-c5ccccc5)oc4c(N(c4ccccc4)c4ccccc4)c3c2-c2ccccc2)cc1.c1ccc(Nc2ccccc2)cc1. The third kappa shape index (κ3) is 14.5. The average Bonchev–Trinajstić information content (AvgIpc) is 1.55. The maximum absolute atomic E-state index is 7.66. The van der Waals surface area contributed by atoms with E-state index in [4.69, 9.17) is 17.7 Å². The molecular formula is C104H74Br2IN3O4. The van der Waals surface area contributed by atoms with E-state index in [2.05, 4.69) is 362 Å². The zero-order valence-corrected chi connectivity index (χ0v) is 67.1. The first kappa shape index (κ1) is 73.6. The predicted octanol–water partition coefficient (Wildman–Crippen LogP) is 32.5. The van der Waals surface area contributed by atoms with Crippen molar-refractivity contribution >= 4 is 145 Å². The van der Waals surface area contributed by atoms with Gasteiger partial charge in [-0.1, -0.05) is 352 Å². The summed E-state index contributed by atoms with van der Waals surface area (Å²) in [5.74, 6) is 3.19. The van der Waals surface area contributed by atoms with Crippen LogP contribution in [-0.2, 0) is 0 Å². The fraction of sp³-hybridized carbons (Fsp3) is 0. The molecule has 0 unspecified atom stereocenters. The lowest BCUT2D eigenvalue weighted by molar-refractivity contribution is 0.626. The van der Waals surface area contributed by atoms with E-state index in [0.717, 1.165) is 188 Å². The maximum atomic E-state index is 7.66. The van der Waals surface area contributed by atoms with Crippen molar-refractivity contribution in [1.82, 2.24) is 0 Å². The van der Waals surface area contributed by atoms with Gasteiger partial charge in [-0.15, -0.1) is 24.0 Å². The third-order valence-corrected chi connectivity index (χ3v) is 21.6. The van der Waals surface area contributed by atoms with Crippen LogP contribution in [0.1, 0.15) is 1.43 Å². The Morgan fingerprint density at radius 2 is 0.377 bits per heavy atom. The standard InChI is InChI=1S/C58H40N2O2.C34H20Br2O2.C12H11N.HI.H2/c1-9-25-41(26-10-1)49-51-53(59(45-33-17-5-18-34-45)46-35-19-6-20-36-46)58-52(50(42-27-11-2-12-28-42)56(62-58)44-31-15-4-16-32-44)54(57(51)61-55(49)43-29-13-3-14-30-43)60(47-37-21-7-22-38-47)48-39-23-8-24-40-48;35-29-27-25(21-13-5-1-6-14-21)31(23-17-9-3-10-18-23)37-33(27)30(36)28-26(22-15-7-2-8-16-22)32(38-34(28)29)24-19-11-4-12-20-24;1-3-7-11(8-4-1)13-12-9-5-2-6-10-12;;/h1-40H;1-20H;1-10,13H;2*1H. The molecule has 0 aliphatic rings. The van der Waals surface area contributed by atoms with Crippen molar-refractivity contribution in [1.29, 1.82) is 0 Å². The van der Waals surface area contributed by atoms with Gasteiger partial charge in [-0.2, -0.15) is 0 Å². The van der Waals surface area contributed by atoms with Crippen molar-refractivity contribution in [2.24, 2.45) is 0 Å². The largest absolute Gasteiger partial charge is 0.454 e. The summed E-state index contributed by atoms with van der Waals surface area (Å²) >= 11 is 7.94. The van der Waals surface area contributed by atoms with E-state index in [1.165, 1.54) is 0 Å². The molecule has 1 N–H and O–H groups in total. The first-order chi connectivity index (χ1) is 56.0. The van der Waals surface area contributed by atoms with Gasteiger partial charge in [0, 0.05) is 90.8 Å². The summed E-state index contributed by atoms with van der Waals surface area (Å²) in [6, 6.07) is 146. The van der Waals surface area contributed by atoms with Gasteiger partial charge in [-0.3, -0.25) is 0 Å².